The van der Waals surface area contributed by atoms with Crippen molar-refractivity contribution in [1.29, 1.82) is 0 Å². The van der Waals surface area contributed by atoms with Crippen molar-refractivity contribution in [2.75, 3.05) is 6.54 Å². The van der Waals surface area contributed by atoms with Gasteiger partial charge in [-0.3, -0.25) is 9.58 Å². The van der Waals surface area contributed by atoms with Gasteiger partial charge in [-0.25, -0.2) is 0 Å². The third-order valence-corrected chi connectivity index (χ3v) is 4.12. The van der Waals surface area contributed by atoms with Crippen LogP contribution < -0.4 is 0 Å². The summed E-state index contributed by atoms with van der Waals surface area (Å²) in [6.45, 7) is 6.46. The lowest BCUT2D eigenvalue weighted by atomic mass is 10.0. The van der Waals surface area contributed by atoms with E-state index in [1.807, 2.05) is 17.9 Å². The molecule has 3 nitrogen and oxygen atoms in total. The summed E-state index contributed by atoms with van der Waals surface area (Å²) in [6, 6.07) is 0. The first-order valence-electron chi connectivity index (χ1n) is 5.37. The van der Waals surface area contributed by atoms with Crippen LogP contribution in [0, 0.1) is 0 Å². The lowest BCUT2D eigenvalue weighted by Crippen LogP contribution is -2.42. The highest BCUT2D eigenvalue weighted by atomic mass is 35.5. The van der Waals surface area contributed by atoms with Gasteiger partial charge >= 0.3 is 0 Å². The first kappa shape index (κ1) is 11.0. The van der Waals surface area contributed by atoms with Gasteiger partial charge < -0.3 is 0 Å². The van der Waals surface area contributed by atoms with E-state index in [0.29, 0.717) is 0 Å². The van der Waals surface area contributed by atoms with Crippen LogP contribution in [0.15, 0.2) is 12.4 Å². The molecule has 1 unspecified atom stereocenters. The van der Waals surface area contributed by atoms with E-state index in [9.17, 15) is 0 Å². The van der Waals surface area contributed by atoms with E-state index >= 15 is 0 Å². The van der Waals surface area contributed by atoms with E-state index in [1.165, 1.54) is 5.56 Å². The summed E-state index contributed by atoms with van der Waals surface area (Å²) in [4.78, 5) is 2.43. The molecule has 2 heterocycles. The maximum atomic E-state index is 6.31. The summed E-state index contributed by atoms with van der Waals surface area (Å²) < 4.78 is 1.84. The van der Waals surface area contributed by atoms with Crippen molar-refractivity contribution in [3.05, 3.63) is 18.0 Å². The summed E-state index contributed by atoms with van der Waals surface area (Å²) in [5.41, 5.74) is 1.36. The van der Waals surface area contributed by atoms with Crippen LogP contribution in [0.4, 0.5) is 0 Å². The van der Waals surface area contributed by atoms with Gasteiger partial charge in [0.15, 0.2) is 0 Å². The van der Waals surface area contributed by atoms with Gasteiger partial charge in [0.1, 0.15) is 0 Å². The summed E-state index contributed by atoms with van der Waals surface area (Å²) in [5.74, 6) is 0. The Balaban J connectivity index is 2.07. The Kier molecular flexibility index (Phi) is 2.77. The number of alkyl halides is 1. The van der Waals surface area contributed by atoms with Crippen LogP contribution in [0.1, 0.15) is 25.8 Å². The second-order valence-corrected chi connectivity index (χ2v) is 5.38. The second-order valence-electron chi connectivity index (χ2n) is 4.85. The van der Waals surface area contributed by atoms with E-state index < -0.39 is 0 Å². The van der Waals surface area contributed by atoms with Crippen LogP contribution in [-0.4, -0.2) is 32.1 Å². The maximum Gasteiger partial charge on any atom is 0.0534 e. The van der Waals surface area contributed by atoms with Gasteiger partial charge in [0, 0.05) is 37.4 Å². The van der Waals surface area contributed by atoms with E-state index in [2.05, 4.69) is 30.0 Å². The number of aromatic nitrogens is 2. The van der Waals surface area contributed by atoms with Gasteiger partial charge in [-0.05, 0) is 20.3 Å². The Hall–Kier alpha value is -0.540. The molecule has 0 amide bonds. The molecule has 1 aliphatic rings. The molecule has 1 saturated heterocycles. The van der Waals surface area contributed by atoms with Gasteiger partial charge in [-0.2, -0.15) is 5.10 Å². The quantitative estimate of drug-likeness (QED) is 0.721. The van der Waals surface area contributed by atoms with Gasteiger partial charge in [0.25, 0.3) is 0 Å². The van der Waals surface area contributed by atoms with Crippen LogP contribution in [0.3, 0.4) is 0 Å². The Bertz CT molecular complexity index is 345. The minimum absolute atomic E-state index is 0.0946. The van der Waals surface area contributed by atoms with Crippen LogP contribution >= 0.6 is 11.6 Å². The molecule has 4 heteroatoms. The molecule has 1 atom stereocenters. The van der Waals surface area contributed by atoms with Crippen molar-refractivity contribution in [1.82, 2.24) is 14.7 Å². The minimum Gasteiger partial charge on any atom is -0.292 e. The van der Waals surface area contributed by atoms with Crippen molar-refractivity contribution >= 4 is 11.6 Å². The Morgan fingerprint density at radius 1 is 1.60 bits per heavy atom. The molecular formula is C11H18ClN3. The molecule has 1 aliphatic heterocycles. The Morgan fingerprint density at radius 3 is 2.80 bits per heavy atom. The standard InChI is InChI=1S/C11H18ClN3/c1-11(2)10(12)4-5-15(11)8-9-6-13-14(3)7-9/h6-7,10H,4-5,8H2,1-3H3. The highest BCUT2D eigenvalue weighted by molar-refractivity contribution is 6.21. The predicted octanol–water partition coefficient (Wildman–Crippen LogP) is 2.01. The predicted molar refractivity (Wildman–Crippen MR) is 62.0 cm³/mol. The average molecular weight is 228 g/mol. The highest BCUT2D eigenvalue weighted by Crippen LogP contribution is 2.33. The minimum atomic E-state index is 0.0946. The van der Waals surface area contributed by atoms with Gasteiger partial charge in [0.05, 0.1) is 11.6 Å². The zero-order valence-electron chi connectivity index (χ0n) is 9.57. The number of hydrogen-bond acceptors (Lipinski definition) is 2. The fourth-order valence-corrected chi connectivity index (χ4v) is 2.40. The maximum absolute atomic E-state index is 6.31. The number of likely N-dealkylation sites (tertiary alicyclic amines) is 1. The van der Waals surface area contributed by atoms with Crippen molar-refractivity contribution in [3.8, 4) is 0 Å². The molecule has 0 radical (unpaired) electrons. The normalized spacial score (nSPS) is 26.0. The van der Waals surface area contributed by atoms with Crippen molar-refractivity contribution in [2.45, 2.75) is 37.7 Å². The van der Waals surface area contributed by atoms with Crippen LogP contribution in [0.5, 0.6) is 0 Å². The van der Waals surface area contributed by atoms with Crippen molar-refractivity contribution < 1.29 is 0 Å². The molecule has 0 spiro atoms. The fraction of sp³-hybridized carbons (Fsp3) is 0.727. The van der Waals surface area contributed by atoms with E-state index in [0.717, 1.165) is 19.5 Å². The molecule has 1 fully saturated rings. The van der Waals surface area contributed by atoms with Crippen molar-refractivity contribution in [2.24, 2.45) is 7.05 Å². The van der Waals surface area contributed by atoms with Crippen molar-refractivity contribution in [3.63, 3.8) is 0 Å². The lowest BCUT2D eigenvalue weighted by Gasteiger charge is -2.33. The smallest absolute Gasteiger partial charge is 0.0534 e. The molecule has 0 saturated carbocycles. The van der Waals surface area contributed by atoms with E-state index in [-0.39, 0.29) is 10.9 Å². The zero-order chi connectivity index (χ0) is 11.1. The van der Waals surface area contributed by atoms with Crippen LogP contribution in [0.25, 0.3) is 0 Å². The average Bonchev–Trinajstić information content (AvgIpc) is 2.66. The second kappa shape index (κ2) is 3.80. The molecule has 0 aromatic carbocycles. The number of nitrogens with zero attached hydrogens (tertiary/aromatic N) is 3. The lowest BCUT2D eigenvalue weighted by molar-refractivity contribution is 0.168. The zero-order valence-corrected chi connectivity index (χ0v) is 10.3. The molecule has 1 aromatic rings. The van der Waals surface area contributed by atoms with Gasteiger partial charge in [0.2, 0.25) is 0 Å². The number of aryl methyl sites for hydroxylation is 1. The summed E-state index contributed by atoms with van der Waals surface area (Å²) in [6.07, 6.45) is 5.07. The van der Waals surface area contributed by atoms with Crippen LogP contribution in [0.2, 0.25) is 0 Å². The summed E-state index contributed by atoms with van der Waals surface area (Å²) in [7, 11) is 1.95. The molecule has 0 aliphatic carbocycles. The van der Waals surface area contributed by atoms with Gasteiger partial charge in [-0.1, -0.05) is 0 Å². The molecule has 0 N–H and O–H groups in total. The summed E-state index contributed by atoms with van der Waals surface area (Å²) >= 11 is 6.31. The summed E-state index contributed by atoms with van der Waals surface area (Å²) in [5, 5.41) is 4.44. The Labute approximate surface area is 96.0 Å². The molecule has 84 valence electrons. The molecular weight excluding hydrogens is 210 g/mol. The highest BCUT2D eigenvalue weighted by Gasteiger charge is 2.39. The largest absolute Gasteiger partial charge is 0.292 e. The first-order chi connectivity index (χ1) is 7.00. The fourth-order valence-electron chi connectivity index (χ4n) is 2.17. The SMILES string of the molecule is Cn1cc(CN2CCC(Cl)C2(C)C)cn1. The Morgan fingerprint density at radius 2 is 2.33 bits per heavy atom. The number of hydrogen-bond donors (Lipinski definition) is 0. The topological polar surface area (TPSA) is 21.1 Å². The molecule has 1 aromatic heterocycles. The van der Waals surface area contributed by atoms with Crippen LogP contribution in [-0.2, 0) is 13.6 Å². The number of halogens is 1. The first-order valence-corrected chi connectivity index (χ1v) is 5.80. The molecule has 2 rings (SSSR count). The third kappa shape index (κ3) is 2.04. The number of rotatable bonds is 2. The molecule has 15 heavy (non-hydrogen) atoms. The van der Waals surface area contributed by atoms with Gasteiger partial charge in [-0.15, -0.1) is 11.6 Å². The van der Waals surface area contributed by atoms with E-state index in [4.69, 9.17) is 11.6 Å². The third-order valence-electron chi connectivity index (χ3n) is 3.37. The van der Waals surface area contributed by atoms with E-state index in [1.54, 1.807) is 0 Å². The monoisotopic (exact) mass is 227 g/mol. The molecule has 0 bridgehead atoms.